The lowest BCUT2D eigenvalue weighted by Gasteiger charge is -2.10. The van der Waals surface area contributed by atoms with E-state index in [1.165, 1.54) is 0 Å². The Hall–Kier alpha value is -1.41. The molecule has 0 aromatic carbocycles. The van der Waals surface area contributed by atoms with Crippen LogP contribution in [0.2, 0.25) is 0 Å². The van der Waals surface area contributed by atoms with E-state index in [4.69, 9.17) is 5.84 Å². The summed E-state index contributed by atoms with van der Waals surface area (Å²) < 4.78 is 40.3. The van der Waals surface area contributed by atoms with Gasteiger partial charge in [-0.1, -0.05) is 0 Å². The number of aromatic nitrogens is 2. The van der Waals surface area contributed by atoms with Crippen molar-refractivity contribution in [1.82, 2.24) is 9.97 Å². The molecule has 0 atom stereocenters. The first-order valence-corrected chi connectivity index (χ1v) is 5.49. The number of ether oxygens (including phenoxy) is 1. The number of alkyl halides is 3. The zero-order valence-corrected chi connectivity index (χ0v) is 9.55. The van der Waals surface area contributed by atoms with Crippen molar-refractivity contribution in [1.29, 1.82) is 0 Å². The first-order valence-electron chi connectivity index (χ1n) is 5.49. The van der Waals surface area contributed by atoms with E-state index in [9.17, 15) is 13.2 Å². The normalized spacial score (nSPS) is 14.7. The van der Waals surface area contributed by atoms with E-state index >= 15 is 0 Å². The molecule has 0 radical (unpaired) electrons. The minimum absolute atomic E-state index is 0.216. The summed E-state index contributed by atoms with van der Waals surface area (Å²) in [7, 11) is 0. The summed E-state index contributed by atoms with van der Waals surface area (Å²) in [6.07, 6.45) is -1.77. The number of fused-ring (bicyclic) bond motifs is 1. The van der Waals surface area contributed by atoms with Gasteiger partial charge in [0.05, 0.1) is 0 Å². The Bertz CT molecular complexity index is 436. The second kappa shape index (κ2) is 5.07. The molecule has 0 aliphatic heterocycles. The maximum Gasteiger partial charge on any atom is 0.411 e. The Morgan fingerprint density at radius 3 is 2.72 bits per heavy atom. The summed E-state index contributed by atoms with van der Waals surface area (Å²) in [5, 5.41) is 0. The Morgan fingerprint density at radius 1 is 1.28 bits per heavy atom. The Balaban J connectivity index is 2.05. The number of rotatable bonds is 4. The number of nitrogen functional groups attached to an aromatic ring is 1. The smallest absolute Gasteiger partial charge is 0.364 e. The first-order chi connectivity index (χ1) is 8.49. The quantitative estimate of drug-likeness (QED) is 0.632. The molecule has 0 fully saturated rings. The Kier molecular flexibility index (Phi) is 3.67. The lowest BCUT2D eigenvalue weighted by molar-refractivity contribution is -0.177. The molecule has 0 bridgehead atoms. The zero-order valence-electron chi connectivity index (χ0n) is 9.55. The average Bonchev–Trinajstić information content (AvgIpc) is 2.74. The van der Waals surface area contributed by atoms with Gasteiger partial charge in [-0.05, 0) is 19.3 Å². The average molecular weight is 262 g/mol. The minimum Gasteiger partial charge on any atom is -0.364 e. The topological polar surface area (TPSA) is 73.1 Å². The molecule has 3 N–H and O–H groups in total. The van der Waals surface area contributed by atoms with Gasteiger partial charge in [0.25, 0.3) is 0 Å². The summed E-state index contributed by atoms with van der Waals surface area (Å²) >= 11 is 0. The van der Waals surface area contributed by atoms with Crippen LogP contribution in [0, 0.1) is 0 Å². The molecule has 0 spiro atoms. The van der Waals surface area contributed by atoms with Crippen molar-refractivity contribution in [2.75, 3.05) is 12.0 Å². The maximum atomic E-state index is 11.9. The molecule has 1 aromatic rings. The molecule has 8 heteroatoms. The van der Waals surface area contributed by atoms with E-state index in [1.807, 2.05) is 0 Å². The van der Waals surface area contributed by atoms with E-state index in [0.29, 0.717) is 5.82 Å². The predicted octanol–water partition coefficient (Wildman–Crippen LogP) is 1.33. The molecule has 0 saturated heterocycles. The summed E-state index contributed by atoms with van der Waals surface area (Å²) in [5.74, 6) is 6.02. The second-order valence-corrected chi connectivity index (χ2v) is 4.02. The number of nitrogens with zero attached hydrogens (tertiary/aromatic N) is 2. The number of hydrazine groups is 1. The highest BCUT2D eigenvalue weighted by atomic mass is 19.4. The fraction of sp³-hybridized carbons (Fsp3) is 0.600. The van der Waals surface area contributed by atoms with Crippen LogP contribution in [-0.2, 0) is 24.2 Å². The van der Waals surface area contributed by atoms with Crippen LogP contribution in [0.15, 0.2) is 0 Å². The minimum atomic E-state index is -4.34. The fourth-order valence-corrected chi connectivity index (χ4v) is 1.93. The molecule has 0 saturated carbocycles. The van der Waals surface area contributed by atoms with Gasteiger partial charge in [-0.3, -0.25) is 0 Å². The highest BCUT2D eigenvalue weighted by Crippen LogP contribution is 2.25. The van der Waals surface area contributed by atoms with Crippen molar-refractivity contribution >= 4 is 5.82 Å². The van der Waals surface area contributed by atoms with Crippen molar-refractivity contribution in [3.8, 4) is 0 Å². The lowest BCUT2D eigenvalue weighted by atomic mass is 10.2. The van der Waals surface area contributed by atoms with E-state index in [2.05, 4.69) is 20.1 Å². The van der Waals surface area contributed by atoms with Crippen LogP contribution in [0.1, 0.15) is 23.5 Å². The molecular formula is C10H13F3N4O. The Morgan fingerprint density at radius 2 is 2.06 bits per heavy atom. The molecule has 100 valence electrons. The van der Waals surface area contributed by atoms with Crippen LogP contribution in [0.4, 0.5) is 19.0 Å². The van der Waals surface area contributed by atoms with Gasteiger partial charge in [0.15, 0.2) is 5.82 Å². The van der Waals surface area contributed by atoms with Crippen LogP contribution < -0.4 is 11.3 Å². The van der Waals surface area contributed by atoms with Gasteiger partial charge < -0.3 is 10.2 Å². The van der Waals surface area contributed by atoms with E-state index in [0.717, 1.165) is 30.5 Å². The molecule has 18 heavy (non-hydrogen) atoms. The first kappa shape index (κ1) is 13.0. The van der Waals surface area contributed by atoms with Gasteiger partial charge in [0.1, 0.15) is 19.0 Å². The van der Waals surface area contributed by atoms with Crippen LogP contribution in [0.25, 0.3) is 0 Å². The van der Waals surface area contributed by atoms with Gasteiger partial charge in [0.2, 0.25) is 0 Å². The number of aryl methyl sites for hydroxylation is 1. The van der Waals surface area contributed by atoms with Gasteiger partial charge >= 0.3 is 6.18 Å². The van der Waals surface area contributed by atoms with Crippen LogP contribution >= 0.6 is 0 Å². The standard InChI is InChI=1S/C10H13F3N4O/c11-10(12,13)5-18-4-8-15-7-3-1-2-6(7)9(16-8)17-14/h1-5,14H2,(H,15,16,17). The number of nitrogens with two attached hydrogens (primary N) is 1. The summed E-state index contributed by atoms with van der Waals surface area (Å²) in [6.45, 7) is -1.58. The zero-order chi connectivity index (χ0) is 13.2. The SMILES string of the molecule is NNc1nc(COCC(F)(F)F)nc2c1CCC2. The van der Waals surface area contributed by atoms with Gasteiger partial charge in [-0.25, -0.2) is 15.8 Å². The van der Waals surface area contributed by atoms with Crippen LogP contribution in [-0.4, -0.2) is 22.8 Å². The molecule has 1 aliphatic rings. The molecular weight excluding hydrogens is 249 g/mol. The van der Waals surface area contributed by atoms with Gasteiger partial charge in [-0.15, -0.1) is 0 Å². The third kappa shape index (κ3) is 3.08. The third-order valence-electron chi connectivity index (χ3n) is 2.61. The monoisotopic (exact) mass is 262 g/mol. The second-order valence-electron chi connectivity index (χ2n) is 4.02. The molecule has 1 aliphatic carbocycles. The molecule has 0 unspecified atom stereocenters. The number of nitrogens with one attached hydrogen (secondary N) is 1. The number of hydrogen-bond donors (Lipinski definition) is 2. The third-order valence-corrected chi connectivity index (χ3v) is 2.61. The highest BCUT2D eigenvalue weighted by molar-refractivity contribution is 5.47. The molecule has 0 amide bonds. The maximum absolute atomic E-state index is 11.9. The van der Waals surface area contributed by atoms with Crippen molar-refractivity contribution < 1.29 is 17.9 Å². The summed E-state index contributed by atoms with van der Waals surface area (Å²) in [6, 6.07) is 0. The summed E-state index contributed by atoms with van der Waals surface area (Å²) in [4.78, 5) is 8.23. The number of hydrogen-bond acceptors (Lipinski definition) is 5. The van der Waals surface area contributed by atoms with Crippen molar-refractivity contribution in [2.24, 2.45) is 5.84 Å². The lowest BCUT2D eigenvalue weighted by Crippen LogP contribution is -2.18. The van der Waals surface area contributed by atoms with Crippen molar-refractivity contribution in [3.05, 3.63) is 17.1 Å². The van der Waals surface area contributed by atoms with Crippen molar-refractivity contribution in [2.45, 2.75) is 32.0 Å². The van der Waals surface area contributed by atoms with Crippen molar-refractivity contribution in [3.63, 3.8) is 0 Å². The highest BCUT2D eigenvalue weighted by Gasteiger charge is 2.27. The molecule has 5 nitrogen and oxygen atoms in total. The van der Waals surface area contributed by atoms with E-state index in [-0.39, 0.29) is 12.4 Å². The van der Waals surface area contributed by atoms with Gasteiger partial charge in [-0.2, -0.15) is 13.2 Å². The van der Waals surface area contributed by atoms with Gasteiger partial charge in [0, 0.05) is 11.3 Å². The number of anilines is 1. The molecule has 1 aromatic heterocycles. The predicted molar refractivity (Wildman–Crippen MR) is 57.6 cm³/mol. The Labute approximate surface area is 102 Å². The van der Waals surface area contributed by atoms with Crippen LogP contribution in [0.3, 0.4) is 0 Å². The summed E-state index contributed by atoms with van der Waals surface area (Å²) in [5.41, 5.74) is 4.22. The van der Waals surface area contributed by atoms with E-state index in [1.54, 1.807) is 0 Å². The fourth-order valence-electron chi connectivity index (χ4n) is 1.93. The molecule has 1 heterocycles. The van der Waals surface area contributed by atoms with Crippen LogP contribution in [0.5, 0.6) is 0 Å². The van der Waals surface area contributed by atoms with E-state index < -0.39 is 12.8 Å². The number of halogens is 3. The largest absolute Gasteiger partial charge is 0.411 e. The molecule has 2 rings (SSSR count).